The lowest BCUT2D eigenvalue weighted by atomic mass is 10.2. The van der Waals surface area contributed by atoms with Crippen LogP contribution in [0.3, 0.4) is 0 Å². The van der Waals surface area contributed by atoms with E-state index < -0.39 is 5.91 Å². The summed E-state index contributed by atoms with van der Waals surface area (Å²) in [6.07, 6.45) is 0. The van der Waals surface area contributed by atoms with Gasteiger partial charge in [0.2, 0.25) is 0 Å². The monoisotopic (exact) mass is 416 g/mol. The third-order valence-electron chi connectivity index (χ3n) is 4.41. The quantitative estimate of drug-likeness (QED) is 0.553. The van der Waals surface area contributed by atoms with Crippen LogP contribution in [0.15, 0.2) is 29.3 Å². The van der Waals surface area contributed by atoms with Crippen molar-refractivity contribution in [3.8, 4) is 0 Å². The number of hydrogen-bond donors (Lipinski definition) is 0. The van der Waals surface area contributed by atoms with Crippen LogP contribution in [0.5, 0.6) is 0 Å². The maximum atomic E-state index is 12.7. The van der Waals surface area contributed by atoms with Crippen molar-refractivity contribution in [1.82, 2.24) is 14.3 Å². The Hall–Kier alpha value is -2.78. The molecule has 1 amide bonds. The first-order chi connectivity index (χ1) is 14.0. The van der Waals surface area contributed by atoms with E-state index in [0.29, 0.717) is 42.4 Å². The fraction of sp³-hybridized carbons (Fsp3) is 0.400. The normalized spacial score (nSPS) is 11.9. The molecule has 3 rings (SSSR count). The van der Waals surface area contributed by atoms with E-state index >= 15 is 0 Å². The number of ether oxygens (including phenoxy) is 2. The molecule has 3 aromatic rings. The van der Waals surface area contributed by atoms with Crippen molar-refractivity contribution >= 4 is 33.4 Å². The highest BCUT2D eigenvalue weighted by Crippen LogP contribution is 2.20. The van der Waals surface area contributed by atoms with Crippen LogP contribution in [0.1, 0.15) is 40.4 Å². The van der Waals surface area contributed by atoms with E-state index in [9.17, 15) is 9.59 Å². The van der Waals surface area contributed by atoms with Crippen LogP contribution < -0.4 is 4.80 Å². The molecule has 0 fully saturated rings. The van der Waals surface area contributed by atoms with Gasteiger partial charge in [-0.15, -0.1) is 0 Å². The Labute approximate surface area is 172 Å². The molecule has 29 heavy (non-hydrogen) atoms. The van der Waals surface area contributed by atoms with Gasteiger partial charge in [-0.3, -0.25) is 9.48 Å². The first kappa shape index (κ1) is 20.9. The minimum absolute atomic E-state index is 0.312. The summed E-state index contributed by atoms with van der Waals surface area (Å²) in [7, 11) is 1.62. The molecule has 8 nitrogen and oxygen atoms in total. The lowest BCUT2D eigenvalue weighted by Gasteiger charge is -2.05. The maximum Gasteiger partial charge on any atom is 0.338 e. The largest absolute Gasteiger partial charge is 0.462 e. The Balaban J connectivity index is 2.07. The van der Waals surface area contributed by atoms with Gasteiger partial charge in [0.25, 0.3) is 5.91 Å². The molecular weight excluding hydrogens is 392 g/mol. The fourth-order valence-electron chi connectivity index (χ4n) is 2.98. The lowest BCUT2D eigenvalue weighted by Crippen LogP contribution is -2.19. The summed E-state index contributed by atoms with van der Waals surface area (Å²) in [6.45, 7) is 7.64. The molecule has 0 saturated carbocycles. The van der Waals surface area contributed by atoms with Crippen molar-refractivity contribution in [2.75, 3.05) is 20.3 Å². The molecule has 0 bridgehead atoms. The predicted octanol–water partition coefficient (Wildman–Crippen LogP) is 2.79. The zero-order valence-corrected chi connectivity index (χ0v) is 17.8. The zero-order chi connectivity index (χ0) is 21.0. The molecule has 1 aromatic carbocycles. The van der Waals surface area contributed by atoms with E-state index in [-0.39, 0.29) is 5.97 Å². The van der Waals surface area contributed by atoms with E-state index in [0.717, 1.165) is 15.9 Å². The zero-order valence-electron chi connectivity index (χ0n) is 17.0. The molecule has 2 heterocycles. The molecule has 0 unspecified atom stereocenters. The maximum absolute atomic E-state index is 12.7. The number of thiazole rings is 1. The molecule has 0 aliphatic rings. The van der Waals surface area contributed by atoms with Gasteiger partial charge in [0.05, 0.1) is 29.0 Å². The highest BCUT2D eigenvalue weighted by Gasteiger charge is 2.15. The summed E-state index contributed by atoms with van der Waals surface area (Å²) in [5, 5.41) is 4.31. The minimum Gasteiger partial charge on any atom is -0.462 e. The smallest absolute Gasteiger partial charge is 0.338 e. The van der Waals surface area contributed by atoms with Crippen molar-refractivity contribution in [2.24, 2.45) is 4.99 Å². The number of esters is 1. The molecule has 0 spiro atoms. The number of nitrogens with zero attached hydrogens (tertiary/aromatic N) is 4. The summed E-state index contributed by atoms with van der Waals surface area (Å²) in [4.78, 5) is 29.6. The molecular formula is C20H24N4O4S. The molecule has 0 aliphatic carbocycles. The van der Waals surface area contributed by atoms with E-state index in [1.165, 1.54) is 11.3 Å². The van der Waals surface area contributed by atoms with E-state index in [4.69, 9.17) is 9.47 Å². The van der Waals surface area contributed by atoms with Gasteiger partial charge in [0.15, 0.2) is 10.5 Å². The third kappa shape index (κ3) is 4.46. The molecule has 0 saturated heterocycles. The summed E-state index contributed by atoms with van der Waals surface area (Å²) < 4.78 is 14.8. The van der Waals surface area contributed by atoms with Gasteiger partial charge >= 0.3 is 5.97 Å². The van der Waals surface area contributed by atoms with E-state index in [2.05, 4.69) is 10.1 Å². The number of carbonyl (C=O) groups is 2. The second kappa shape index (κ2) is 9.15. The number of fused-ring (bicyclic) bond motifs is 1. The number of methoxy groups -OCH3 is 1. The number of aryl methyl sites for hydroxylation is 2. The number of hydrogen-bond acceptors (Lipinski definition) is 6. The molecule has 9 heteroatoms. The molecule has 0 aliphatic heterocycles. The van der Waals surface area contributed by atoms with Crippen LogP contribution in [-0.2, 0) is 22.6 Å². The van der Waals surface area contributed by atoms with Gasteiger partial charge in [-0.25, -0.2) is 4.79 Å². The van der Waals surface area contributed by atoms with Gasteiger partial charge < -0.3 is 14.0 Å². The number of rotatable bonds is 7. The summed E-state index contributed by atoms with van der Waals surface area (Å²) in [5.74, 6) is -0.773. The van der Waals surface area contributed by atoms with Crippen molar-refractivity contribution < 1.29 is 19.1 Å². The Morgan fingerprint density at radius 3 is 2.69 bits per heavy atom. The standard InChI is InChI=1S/C20H24N4O4S/c1-5-24-13(3)11-15(22-24)18(25)21-20-23(9-10-27-4)16-8-7-14(12-17(16)29-20)19(26)28-6-2/h7-8,11-12H,5-6,9-10H2,1-4H3. The van der Waals surface area contributed by atoms with E-state index in [1.54, 1.807) is 36.9 Å². The molecule has 0 radical (unpaired) electrons. The average molecular weight is 417 g/mol. The van der Waals surface area contributed by atoms with Gasteiger partial charge in [-0.05, 0) is 45.0 Å². The summed E-state index contributed by atoms with van der Waals surface area (Å²) >= 11 is 1.34. The van der Waals surface area contributed by atoms with Crippen LogP contribution >= 0.6 is 11.3 Å². The topological polar surface area (TPSA) is 87.7 Å². The molecule has 154 valence electrons. The fourth-order valence-corrected chi connectivity index (χ4v) is 4.07. The predicted molar refractivity (Wildman–Crippen MR) is 110 cm³/mol. The van der Waals surface area contributed by atoms with Gasteiger partial charge in [0.1, 0.15) is 0 Å². The second-order valence-electron chi connectivity index (χ2n) is 6.34. The van der Waals surface area contributed by atoms with Crippen molar-refractivity contribution in [3.63, 3.8) is 0 Å². The molecule has 2 aromatic heterocycles. The van der Waals surface area contributed by atoms with Gasteiger partial charge in [0, 0.05) is 25.9 Å². The van der Waals surface area contributed by atoms with Gasteiger partial charge in [-0.1, -0.05) is 11.3 Å². The SMILES string of the molecule is CCOC(=O)c1ccc2c(c1)sc(=NC(=O)c1cc(C)n(CC)n1)n2CCOC. The minimum atomic E-state index is -0.399. The van der Waals surface area contributed by atoms with Crippen LogP contribution in [0.2, 0.25) is 0 Å². The van der Waals surface area contributed by atoms with Crippen LogP contribution in [0, 0.1) is 6.92 Å². The van der Waals surface area contributed by atoms with E-state index in [1.807, 2.05) is 24.5 Å². The number of aromatic nitrogens is 3. The highest BCUT2D eigenvalue weighted by atomic mass is 32.1. The van der Waals surface area contributed by atoms with Crippen molar-refractivity contribution in [3.05, 3.63) is 46.0 Å². The van der Waals surface area contributed by atoms with Crippen molar-refractivity contribution in [1.29, 1.82) is 0 Å². The average Bonchev–Trinajstić information content (AvgIpc) is 3.25. The third-order valence-corrected chi connectivity index (χ3v) is 5.45. The number of amides is 1. The Kier molecular flexibility index (Phi) is 6.60. The molecule has 0 atom stereocenters. The number of carbonyl (C=O) groups excluding carboxylic acids is 2. The lowest BCUT2D eigenvalue weighted by molar-refractivity contribution is 0.0526. The van der Waals surface area contributed by atoms with Crippen LogP contribution in [0.4, 0.5) is 0 Å². The van der Waals surface area contributed by atoms with Crippen LogP contribution in [0.25, 0.3) is 10.2 Å². The second-order valence-corrected chi connectivity index (χ2v) is 7.34. The van der Waals surface area contributed by atoms with Crippen LogP contribution in [-0.4, -0.2) is 46.5 Å². The Bertz CT molecular complexity index is 1110. The number of benzene rings is 1. The first-order valence-electron chi connectivity index (χ1n) is 9.41. The first-order valence-corrected chi connectivity index (χ1v) is 10.2. The summed E-state index contributed by atoms with van der Waals surface area (Å²) in [6, 6.07) is 7.06. The Morgan fingerprint density at radius 1 is 1.24 bits per heavy atom. The van der Waals surface area contributed by atoms with Gasteiger partial charge in [-0.2, -0.15) is 10.1 Å². The highest BCUT2D eigenvalue weighted by molar-refractivity contribution is 7.16. The van der Waals surface area contributed by atoms with Crippen molar-refractivity contribution in [2.45, 2.75) is 33.9 Å². The summed E-state index contributed by atoms with van der Waals surface area (Å²) in [5.41, 5.74) is 2.57. The molecule has 0 N–H and O–H groups in total. The Morgan fingerprint density at radius 2 is 2.03 bits per heavy atom.